The van der Waals surface area contributed by atoms with Crippen LogP contribution in [0.5, 0.6) is 17.2 Å². The zero-order chi connectivity index (χ0) is 22.9. The Labute approximate surface area is 180 Å². The number of phosphoric acid groups is 1. The number of carbonyl (C=O) groups is 2. The van der Waals surface area contributed by atoms with Crippen molar-refractivity contribution >= 4 is 19.8 Å². The topological polar surface area (TPSA) is 107 Å². The van der Waals surface area contributed by atoms with Gasteiger partial charge in [-0.15, -0.1) is 0 Å². The summed E-state index contributed by atoms with van der Waals surface area (Å²) in [7, 11) is -2.27. The number of methoxy groups -OCH3 is 1. The third-order valence-corrected chi connectivity index (χ3v) is 5.37. The number of ether oxygens (including phenoxy) is 3. The Morgan fingerprint density at radius 2 is 1.58 bits per heavy atom. The molecule has 0 N–H and O–H groups in total. The fourth-order valence-electron chi connectivity index (χ4n) is 2.55. The van der Waals surface area contributed by atoms with Gasteiger partial charge in [0.05, 0.1) is 26.9 Å². The molecule has 0 atom stereocenters. The first kappa shape index (κ1) is 24.6. The normalized spacial score (nSPS) is 11.1. The predicted octanol–water partition coefficient (Wildman–Crippen LogP) is 4.54. The van der Waals surface area contributed by atoms with Crippen molar-refractivity contribution in [3.63, 3.8) is 0 Å². The second kappa shape index (κ2) is 11.6. The van der Waals surface area contributed by atoms with Crippen molar-refractivity contribution in [2.24, 2.45) is 0 Å². The van der Waals surface area contributed by atoms with Crippen molar-refractivity contribution in [1.29, 1.82) is 0 Å². The molecule has 10 heteroatoms. The van der Waals surface area contributed by atoms with E-state index in [1.807, 2.05) is 0 Å². The molecule has 0 unspecified atom stereocenters. The van der Waals surface area contributed by atoms with Gasteiger partial charge in [0.1, 0.15) is 22.8 Å². The molecule has 0 fully saturated rings. The highest BCUT2D eigenvalue weighted by molar-refractivity contribution is 7.48. The third-order valence-electron chi connectivity index (χ3n) is 3.78. The number of carbonyl (C=O) groups excluding carboxylic acids is 2. The second-order valence-electron chi connectivity index (χ2n) is 6.01. The quantitative estimate of drug-likeness (QED) is 0.276. The Balaban J connectivity index is 2.21. The molecular weight excluding hydrogens is 427 g/mol. The fraction of sp³-hybridized carbons (Fsp3) is 0.333. The van der Waals surface area contributed by atoms with Crippen molar-refractivity contribution in [2.45, 2.75) is 27.4 Å². The Kier molecular flexibility index (Phi) is 9.21. The molecule has 0 aliphatic rings. The van der Waals surface area contributed by atoms with Crippen LogP contribution >= 0.6 is 7.82 Å². The molecule has 0 saturated heterocycles. The third kappa shape index (κ3) is 7.18. The van der Waals surface area contributed by atoms with Crippen LogP contribution in [0, 0.1) is 0 Å². The number of para-hydroxylation sites is 1. The van der Waals surface area contributed by atoms with Crippen molar-refractivity contribution in [2.75, 3.05) is 20.3 Å². The van der Waals surface area contributed by atoms with Crippen LogP contribution in [0.1, 0.15) is 36.7 Å². The van der Waals surface area contributed by atoms with Gasteiger partial charge in [-0.1, -0.05) is 12.1 Å². The van der Waals surface area contributed by atoms with Crippen molar-refractivity contribution < 1.29 is 41.9 Å². The predicted molar refractivity (Wildman–Crippen MR) is 111 cm³/mol. The van der Waals surface area contributed by atoms with Crippen LogP contribution < -0.4 is 14.2 Å². The number of hydrogen-bond acceptors (Lipinski definition) is 9. The summed E-state index contributed by atoms with van der Waals surface area (Å²) in [5.41, 5.74) is 0.546. The molecule has 9 nitrogen and oxygen atoms in total. The summed E-state index contributed by atoms with van der Waals surface area (Å²) in [4.78, 5) is 23.9. The number of phosphoric ester groups is 1. The molecule has 0 heterocycles. The summed E-state index contributed by atoms with van der Waals surface area (Å²) < 4.78 is 43.9. The summed E-state index contributed by atoms with van der Waals surface area (Å²) in [5.74, 6) is -0.573. The van der Waals surface area contributed by atoms with Gasteiger partial charge in [0, 0.05) is 12.5 Å². The maximum absolute atomic E-state index is 12.6. The summed E-state index contributed by atoms with van der Waals surface area (Å²) >= 11 is 0. The van der Waals surface area contributed by atoms with E-state index in [0.29, 0.717) is 11.3 Å². The number of benzene rings is 2. The van der Waals surface area contributed by atoms with E-state index in [0.717, 1.165) is 0 Å². The lowest BCUT2D eigenvalue weighted by molar-refractivity contribution is -0.131. The molecule has 0 saturated carbocycles. The largest absolute Gasteiger partial charge is 0.496 e. The van der Waals surface area contributed by atoms with E-state index < -0.39 is 19.8 Å². The minimum Gasteiger partial charge on any atom is -0.496 e. The van der Waals surface area contributed by atoms with Gasteiger partial charge in [0.25, 0.3) is 0 Å². The standard InChI is InChI=1S/C21H25O9P/c1-5-26-31(24,27-6-2)28-14-16-13-17(11-12-19(16)25-4)30-21(23)18-9-7-8-10-20(18)29-15(3)22/h7-13H,5-6,14H2,1-4H3. The van der Waals surface area contributed by atoms with Gasteiger partial charge in [0.15, 0.2) is 0 Å². The number of rotatable bonds is 11. The Bertz CT molecular complexity index is 948. The lowest BCUT2D eigenvalue weighted by Crippen LogP contribution is -2.12. The van der Waals surface area contributed by atoms with E-state index >= 15 is 0 Å². The Morgan fingerprint density at radius 3 is 2.19 bits per heavy atom. The summed E-state index contributed by atoms with van der Waals surface area (Å²) in [6.07, 6.45) is 0. The van der Waals surface area contributed by atoms with Gasteiger partial charge in [0.2, 0.25) is 0 Å². The van der Waals surface area contributed by atoms with Gasteiger partial charge in [-0.3, -0.25) is 18.4 Å². The van der Waals surface area contributed by atoms with E-state index in [2.05, 4.69) is 0 Å². The van der Waals surface area contributed by atoms with Crippen molar-refractivity contribution in [3.8, 4) is 17.2 Å². The SMILES string of the molecule is CCOP(=O)(OCC)OCc1cc(OC(=O)c2ccccc2OC(C)=O)ccc1OC. The van der Waals surface area contributed by atoms with Crippen LogP contribution in [-0.4, -0.2) is 32.3 Å². The average molecular weight is 452 g/mol. The first-order valence-corrected chi connectivity index (χ1v) is 11.0. The van der Waals surface area contributed by atoms with E-state index in [1.165, 1.54) is 38.3 Å². The van der Waals surface area contributed by atoms with E-state index in [-0.39, 0.29) is 36.9 Å². The fourth-order valence-corrected chi connectivity index (χ4v) is 3.70. The van der Waals surface area contributed by atoms with E-state index in [9.17, 15) is 14.2 Å². The van der Waals surface area contributed by atoms with Gasteiger partial charge in [-0.05, 0) is 44.2 Å². The van der Waals surface area contributed by atoms with Crippen LogP contribution in [0.25, 0.3) is 0 Å². The highest BCUT2D eigenvalue weighted by Crippen LogP contribution is 2.50. The van der Waals surface area contributed by atoms with Crippen LogP contribution in [0.2, 0.25) is 0 Å². The van der Waals surface area contributed by atoms with E-state index in [1.54, 1.807) is 32.0 Å². The minimum atomic E-state index is -3.74. The highest BCUT2D eigenvalue weighted by Gasteiger charge is 2.26. The van der Waals surface area contributed by atoms with Crippen LogP contribution in [-0.2, 0) is 29.5 Å². The molecule has 2 aromatic rings. The second-order valence-corrected chi connectivity index (χ2v) is 7.68. The lowest BCUT2D eigenvalue weighted by atomic mass is 10.2. The number of esters is 2. The van der Waals surface area contributed by atoms with E-state index in [4.69, 9.17) is 27.8 Å². The molecule has 0 spiro atoms. The molecule has 0 aromatic heterocycles. The molecule has 2 aromatic carbocycles. The molecule has 0 bridgehead atoms. The zero-order valence-electron chi connectivity index (χ0n) is 17.8. The minimum absolute atomic E-state index is 0.0866. The number of hydrogen-bond donors (Lipinski definition) is 0. The first-order chi connectivity index (χ1) is 14.8. The molecule has 168 valence electrons. The van der Waals surface area contributed by atoms with Gasteiger partial charge >= 0.3 is 19.8 Å². The summed E-state index contributed by atoms with van der Waals surface area (Å²) in [5, 5.41) is 0. The summed E-state index contributed by atoms with van der Waals surface area (Å²) in [6, 6.07) is 10.8. The Hall–Kier alpha value is -2.71. The monoisotopic (exact) mass is 452 g/mol. The van der Waals surface area contributed by atoms with Crippen LogP contribution in [0.15, 0.2) is 42.5 Å². The average Bonchev–Trinajstić information content (AvgIpc) is 2.73. The maximum atomic E-state index is 12.6. The zero-order valence-corrected chi connectivity index (χ0v) is 18.7. The van der Waals surface area contributed by atoms with Crippen LogP contribution in [0.3, 0.4) is 0 Å². The van der Waals surface area contributed by atoms with Crippen molar-refractivity contribution in [1.82, 2.24) is 0 Å². The van der Waals surface area contributed by atoms with Crippen molar-refractivity contribution in [3.05, 3.63) is 53.6 Å². The first-order valence-electron chi connectivity index (χ1n) is 9.52. The highest BCUT2D eigenvalue weighted by atomic mass is 31.2. The molecule has 31 heavy (non-hydrogen) atoms. The molecule has 0 aliphatic heterocycles. The maximum Gasteiger partial charge on any atom is 0.475 e. The molecule has 0 amide bonds. The molecule has 0 radical (unpaired) electrons. The smallest absolute Gasteiger partial charge is 0.475 e. The summed E-state index contributed by atoms with van der Waals surface area (Å²) in [6.45, 7) is 4.70. The van der Waals surface area contributed by atoms with Gasteiger partial charge in [-0.25, -0.2) is 9.36 Å². The van der Waals surface area contributed by atoms with Gasteiger partial charge in [-0.2, -0.15) is 0 Å². The molecular formula is C21H25O9P. The van der Waals surface area contributed by atoms with Gasteiger partial charge < -0.3 is 14.2 Å². The lowest BCUT2D eigenvalue weighted by Gasteiger charge is -2.17. The van der Waals surface area contributed by atoms with Crippen LogP contribution in [0.4, 0.5) is 0 Å². The molecule has 0 aliphatic carbocycles. The molecule has 2 rings (SSSR count). The Morgan fingerprint density at radius 1 is 0.903 bits per heavy atom.